The molecule has 9 heteroatoms. The summed E-state index contributed by atoms with van der Waals surface area (Å²) in [6.07, 6.45) is 0. The number of thiazole rings is 1. The third kappa shape index (κ3) is 5.01. The molecule has 5 rings (SSSR count). The number of hydrogen-bond donors (Lipinski definition) is 2. The third-order valence-corrected chi connectivity index (χ3v) is 6.55. The standard InChI is InChI=1S/C23H26N8S/c1-16-6-8-17(9-7-16)25-23-28-20(27-22(24)29-23)14-30-10-12-31(13-11-30)15-21-26-18-4-2-3-5-19(18)32-21/h2-9H,10-15H2,1H3,(H3,24,25,27,28,29). The summed E-state index contributed by atoms with van der Waals surface area (Å²) in [6, 6.07) is 16.4. The Bertz CT molecular complexity index is 1170. The molecule has 0 spiro atoms. The van der Waals surface area contributed by atoms with E-state index in [0.717, 1.165) is 43.9 Å². The van der Waals surface area contributed by atoms with Gasteiger partial charge in [0.1, 0.15) is 10.8 Å². The number of hydrogen-bond acceptors (Lipinski definition) is 9. The van der Waals surface area contributed by atoms with E-state index in [1.807, 2.05) is 30.3 Å². The van der Waals surface area contributed by atoms with Crippen molar-refractivity contribution in [2.45, 2.75) is 20.0 Å². The van der Waals surface area contributed by atoms with Gasteiger partial charge in [0.15, 0.2) is 0 Å². The van der Waals surface area contributed by atoms with Gasteiger partial charge in [-0.3, -0.25) is 9.80 Å². The molecule has 0 unspecified atom stereocenters. The molecule has 2 aromatic carbocycles. The first-order chi connectivity index (χ1) is 15.6. The fourth-order valence-electron chi connectivity index (χ4n) is 3.81. The molecule has 0 atom stereocenters. The highest BCUT2D eigenvalue weighted by Gasteiger charge is 2.20. The molecule has 8 nitrogen and oxygen atoms in total. The molecule has 0 amide bonds. The molecule has 1 fully saturated rings. The van der Waals surface area contributed by atoms with Crippen LogP contribution in [0.4, 0.5) is 17.6 Å². The van der Waals surface area contributed by atoms with E-state index in [1.165, 1.54) is 15.3 Å². The van der Waals surface area contributed by atoms with Gasteiger partial charge in [0, 0.05) is 31.9 Å². The van der Waals surface area contributed by atoms with Crippen LogP contribution in [0.5, 0.6) is 0 Å². The first kappa shape index (κ1) is 20.7. The minimum absolute atomic E-state index is 0.235. The highest BCUT2D eigenvalue weighted by Crippen LogP contribution is 2.23. The second kappa shape index (κ2) is 9.15. The molecule has 1 aliphatic heterocycles. The van der Waals surface area contributed by atoms with Gasteiger partial charge >= 0.3 is 0 Å². The summed E-state index contributed by atoms with van der Waals surface area (Å²) in [7, 11) is 0. The molecule has 3 heterocycles. The van der Waals surface area contributed by atoms with E-state index in [2.05, 4.69) is 55.2 Å². The predicted molar refractivity (Wildman–Crippen MR) is 129 cm³/mol. The van der Waals surface area contributed by atoms with E-state index >= 15 is 0 Å². The van der Waals surface area contributed by atoms with Crippen molar-refractivity contribution < 1.29 is 0 Å². The molecule has 1 aliphatic rings. The maximum Gasteiger partial charge on any atom is 0.232 e. The normalized spacial score (nSPS) is 15.3. The van der Waals surface area contributed by atoms with Crippen molar-refractivity contribution in [3.05, 3.63) is 64.9 Å². The number of aromatic nitrogens is 4. The minimum Gasteiger partial charge on any atom is -0.368 e. The molecule has 164 valence electrons. The molecule has 0 bridgehead atoms. The monoisotopic (exact) mass is 446 g/mol. The summed E-state index contributed by atoms with van der Waals surface area (Å²) in [4.78, 5) is 22.7. The van der Waals surface area contributed by atoms with Crippen LogP contribution in [-0.4, -0.2) is 55.9 Å². The van der Waals surface area contributed by atoms with Crippen LogP contribution in [0.3, 0.4) is 0 Å². The number of nitrogens with two attached hydrogens (primary N) is 1. The number of para-hydroxylation sites is 1. The zero-order valence-electron chi connectivity index (χ0n) is 18.0. The zero-order chi connectivity index (χ0) is 21.9. The molecule has 2 aromatic heterocycles. The van der Waals surface area contributed by atoms with Crippen LogP contribution in [0, 0.1) is 6.92 Å². The van der Waals surface area contributed by atoms with E-state index < -0.39 is 0 Å². The molecule has 1 saturated heterocycles. The minimum atomic E-state index is 0.235. The van der Waals surface area contributed by atoms with Gasteiger partial charge in [-0.05, 0) is 31.2 Å². The van der Waals surface area contributed by atoms with Crippen LogP contribution in [0.1, 0.15) is 16.4 Å². The first-order valence-corrected chi connectivity index (χ1v) is 11.6. The number of nitrogen functional groups attached to an aromatic ring is 1. The highest BCUT2D eigenvalue weighted by molar-refractivity contribution is 7.18. The van der Waals surface area contributed by atoms with Crippen LogP contribution in [-0.2, 0) is 13.1 Å². The molecule has 4 aromatic rings. The summed E-state index contributed by atoms with van der Waals surface area (Å²) in [5.74, 6) is 1.40. The van der Waals surface area contributed by atoms with Gasteiger partial charge in [0.05, 0.1) is 23.3 Å². The largest absolute Gasteiger partial charge is 0.368 e. The Morgan fingerprint density at radius 2 is 1.59 bits per heavy atom. The van der Waals surface area contributed by atoms with Gasteiger partial charge in [-0.25, -0.2) is 4.98 Å². The lowest BCUT2D eigenvalue weighted by atomic mass is 10.2. The average Bonchev–Trinajstić information content (AvgIpc) is 3.19. The van der Waals surface area contributed by atoms with Crippen molar-refractivity contribution in [3.8, 4) is 0 Å². The Hall–Kier alpha value is -3.14. The highest BCUT2D eigenvalue weighted by atomic mass is 32.1. The lowest BCUT2D eigenvalue weighted by Gasteiger charge is -2.33. The van der Waals surface area contributed by atoms with Crippen molar-refractivity contribution in [2.75, 3.05) is 37.2 Å². The second-order valence-corrected chi connectivity index (χ2v) is 9.17. The van der Waals surface area contributed by atoms with Crippen LogP contribution in [0.2, 0.25) is 0 Å². The second-order valence-electron chi connectivity index (χ2n) is 8.05. The fourth-order valence-corrected chi connectivity index (χ4v) is 4.82. The first-order valence-electron chi connectivity index (χ1n) is 10.7. The smallest absolute Gasteiger partial charge is 0.232 e. The Labute approximate surface area is 191 Å². The fraction of sp³-hybridized carbons (Fsp3) is 0.304. The number of nitrogens with zero attached hydrogens (tertiary/aromatic N) is 6. The van der Waals surface area contributed by atoms with E-state index in [4.69, 9.17) is 10.7 Å². The van der Waals surface area contributed by atoms with Crippen molar-refractivity contribution in [2.24, 2.45) is 0 Å². The summed E-state index contributed by atoms with van der Waals surface area (Å²) < 4.78 is 1.25. The quantitative estimate of drug-likeness (QED) is 0.465. The van der Waals surface area contributed by atoms with Gasteiger partial charge < -0.3 is 11.1 Å². The maximum atomic E-state index is 5.95. The van der Waals surface area contributed by atoms with E-state index in [0.29, 0.717) is 18.3 Å². The lowest BCUT2D eigenvalue weighted by molar-refractivity contribution is 0.120. The Morgan fingerprint density at radius 1 is 0.875 bits per heavy atom. The molecule has 3 N–H and O–H groups in total. The van der Waals surface area contributed by atoms with Crippen molar-refractivity contribution in [1.82, 2.24) is 29.7 Å². The van der Waals surface area contributed by atoms with Gasteiger partial charge in [-0.1, -0.05) is 29.8 Å². The average molecular weight is 447 g/mol. The van der Waals surface area contributed by atoms with Crippen molar-refractivity contribution >= 4 is 39.1 Å². The Kier molecular flexibility index (Phi) is 5.93. The number of fused-ring (bicyclic) bond motifs is 1. The summed E-state index contributed by atoms with van der Waals surface area (Å²) in [6.45, 7) is 7.51. The third-order valence-electron chi connectivity index (χ3n) is 5.53. The summed E-state index contributed by atoms with van der Waals surface area (Å²) in [5, 5.41) is 4.40. The predicted octanol–water partition coefficient (Wildman–Crippen LogP) is 3.43. The lowest BCUT2D eigenvalue weighted by Crippen LogP contribution is -2.45. The molecule has 0 radical (unpaired) electrons. The van der Waals surface area contributed by atoms with Crippen molar-refractivity contribution in [1.29, 1.82) is 0 Å². The summed E-state index contributed by atoms with van der Waals surface area (Å²) in [5.41, 5.74) is 9.17. The van der Waals surface area contributed by atoms with Crippen LogP contribution in [0.15, 0.2) is 48.5 Å². The number of rotatable bonds is 6. The number of aryl methyl sites for hydroxylation is 1. The maximum absolute atomic E-state index is 5.95. The molecular weight excluding hydrogens is 420 g/mol. The molecular formula is C23H26N8S. The van der Waals surface area contributed by atoms with Crippen LogP contribution >= 0.6 is 11.3 Å². The number of piperazine rings is 1. The molecule has 0 saturated carbocycles. The summed E-state index contributed by atoms with van der Waals surface area (Å²) >= 11 is 1.78. The van der Waals surface area contributed by atoms with E-state index in [9.17, 15) is 0 Å². The Morgan fingerprint density at radius 3 is 2.34 bits per heavy atom. The Balaban J connectivity index is 1.17. The van der Waals surface area contributed by atoms with Crippen LogP contribution < -0.4 is 11.1 Å². The van der Waals surface area contributed by atoms with Gasteiger partial charge in [-0.15, -0.1) is 11.3 Å². The number of benzene rings is 2. The van der Waals surface area contributed by atoms with Gasteiger partial charge in [-0.2, -0.15) is 15.0 Å². The van der Waals surface area contributed by atoms with Gasteiger partial charge in [0.25, 0.3) is 0 Å². The van der Waals surface area contributed by atoms with Crippen molar-refractivity contribution in [3.63, 3.8) is 0 Å². The molecule has 32 heavy (non-hydrogen) atoms. The topological polar surface area (TPSA) is 96.1 Å². The SMILES string of the molecule is Cc1ccc(Nc2nc(N)nc(CN3CCN(Cc4nc5ccccc5s4)CC3)n2)cc1. The molecule has 0 aliphatic carbocycles. The number of anilines is 3. The van der Waals surface area contributed by atoms with E-state index in [-0.39, 0.29) is 5.95 Å². The zero-order valence-corrected chi connectivity index (χ0v) is 18.8. The van der Waals surface area contributed by atoms with E-state index in [1.54, 1.807) is 11.3 Å². The van der Waals surface area contributed by atoms with Crippen LogP contribution in [0.25, 0.3) is 10.2 Å². The number of nitrogens with one attached hydrogen (secondary N) is 1. The van der Waals surface area contributed by atoms with Gasteiger partial charge in [0.2, 0.25) is 11.9 Å².